The number of hydrogen-bond donors (Lipinski definition) is 1. The van der Waals surface area contributed by atoms with Gasteiger partial charge in [0.05, 0.1) is 19.5 Å². The number of sulfonamides is 1. The van der Waals surface area contributed by atoms with Gasteiger partial charge in [-0.15, -0.1) is 0 Å². The van der Waals surface area contributed by atoms with Crippen molar-refractivity contribution < 1.29 is 17.9 Å². The first-order valence-electron chi connectivity index (χ1n) is 6.61. The van der Waals surface area contributed by atoms with E-state index in [1.165, 1.54) is 10.6 Å². The molecule has 2 saturated heterocycles. The molecule has 2 rings (SSSR count). The highest BCUT2D eigenvalue weighted by atomic mass is 32.2. The van der Waals surface area contributed by atoms with Crippen LogP contribution >= 0.6 is 0 Å². The Labute approximate surface area is 114 Å². The van der Waals surface area contributed by atoms with Crippen molar-refractivity contribution in [3.63, 3.8) is 0 Å². The smallest absolute Gasteiger partial charge is 0.223 e. The second-order valence-corrected chi connectivity index (χ2v) is 7.94. The zero-order valence-corrected chi connectivity index (χ0v) is 12.3. The Morgan fingerprint density at radius 2 is 1.95 bits per heavy atom. The summed E-state index contributed by atoms with van der Waals surface area (Å²) < 4.78 is 29.3. The second kappa shape index (κ2) is 5.38. The van der Waals surface area contributed by atoms with Crippen molar-refractivity contribution in [1.29, 1.82) is 0 Å². The molecule has 6 nitrogen and oxygen atoms in total. The van der Waals surface area contributed by atoms with Gasteiger partial charge in [0.2, 0.25) is 15.9 Å². The number of hydrogen-bond acceptors (Lipinski definition) is 4. The van der Waals surface area contributed by atoms with Crippen molar-refractivity contribution in [3.8, 4) is 0 Å². The lowest BCUT2D eigenvalue weighted by Crippen LogP contribution is -2.50. The van der Waals surface area contributed by atoms with Gasteiger partial charge in [-0.05, 0) is 12.8 Å². The van der Waals surface area contributed by atoms with E-state index in [0.29, 0.717) is 45.7 Å². The minimum absolute atomic E-state index is 0.0428. The van der Waals surface area contributed by atoms with Crippen molar-refractivity contribution in [2.24, 2.45) is 11.3 Å². The van der Waals surface area contributed by atoms with Gasteiger partial charge in [0.25, 0.3) is 0 Å². The van der Waals surface area contributed by atoms with Crippen LogP contribution < -0.4 is 5.32 Å². The van der Waals surface area contributed by atoms with Crippen molar-refractivity contribution in [3.05, 3.63) is 0 Å². The van der Waals surface area contributed by atoms with Crippen LogP contribution in [0.25, 0.3) is 0 Å². The fraction of sp³-hybridized carbons (Fsp3) is 0.917. The summed E-state index contributed by atoms with van der Waals surface area (Å²) >= 11 is 0. The van der Waals surface area contributed by atoms with Crippen LogP contribution in [0.3, 0.4) is 0 Å². The summed E-state index contributed by atoms with van der Waals surface area (Å²) in [6, 6.07) is 0. The lowest BCUT2D eigenvalue weighted by molar-refractivity contribution is -0.131. The molecule has 7 heteroatoms. The topological polar surface area (TPSA) is 75.7 Å². The van der Waals surface area contributed by atoms with Gasteiger partial charge in [0.15, 0.2) is 0 Å². The standard InChI is InChI=1S/C12H22N2O4S/c1-12(8-18-9-12)7-13-11(15)10-3-5-14(6-4-10)19(2,16)17/h10H,3-9H2,1-2H3,(H,13,15). The minimum Gasteiger partial charge on any atom is -0.380 e. The molecule has 0 radical (unpaired) electrons. The Kier molecular flexibility index (Phi) is 4.17. The Morgan fingerprint density at radius 1 is 1.37 bits per heavy atom. The molecule has 2 fully saturated rings. The number of nitrogens with zero attached hydrogens (tertiary/aromatic N) is 1. The SMILES string of the molecule is CC1(CNC(=O)C2CCN(S(C)(=O)=O)CC2)COC1. The average Bonchev–Trinajstić information content (AvgIpc) is 2.33. The van der Waals surface area contributed by atoms with Crippen LogP contribution in [0.5, 0.6) is 0 Å². The molecule has 19 heavy (non-hydrogen) atoms. The summed E-state index contributed by atoms with van der Waals surface area (Å²) in [6.45, 7) is 5.00. The highest BCUT2D eigenvalue weighted by molar-refractivity contribution is 7.88. The number of nitrogens with one attached hydrogen (secondary N) is 1. The predicted octanol–water partition coefficient (Wildman–Crippen LogP) is -0.189. The molecule has 1 amide bonds. The minimum atomic E-state index is -3.12. The molecule has 2 heterocycles. The normalized spacial score (nSPS) is 24.7. The molecule has 0 bridgehead atoms. The summed E-state index contributed by atoms with van der Waals surface area (Å²) in [5.41, 5.74) is 0.0725. The average molecular weight is 290 g/mol. The lowest BCUT2D eigenvalue weighted by atomic mass is 9.88. The number of piperidine rings is 1. The number of carbonyl (C=O) groups is 1. The lowest BCUT2D eigenvalue weighted by Gasteiger charge is -2.38. The highest BCUT2D eigenvalue weighted by Crippen LogP contribution is 2.26. The molecule has 2 aliphatic rings. The summed E-state index contributed by atoms with van der Waals surface area (Å²) in [7, 11) is -3.12. The summed E-state index contributed by atoms with van der Waals surface area (Å²) in [6.07, 6.45) is 2.42. The van der Waals surface area contributed by atoms with Crippen LogP contribution in [0.2, 0.25) is 0 Å². The van der Waals surface area contributed by atoms with Crippen LogP contribution in [0.1, 0.15) is 19.8 Å². The molecule has 0 spiro atoms. The van der Waals surface area contributed by atoms with Crippen LogP contribution in [-0.4, -0.2) is 57.7 Å². The fourth-order valence-corrected chi connectivity index (χ4v) is 3.32. The van der Waals surface area contributed by atoms with Crippen molar-refractivity contribution in [2.45, 2.75) is 19.8 Å². The van der Waals surface area contributed by atoms with E-state index in [1.807, 2.05) is 0 Å². The molecule has 0 aromatic rings. The molecule has 2 aliphatic heterocycles. The summed E-state index contributed by atoms with van der Waals surface area (Å²) in [4.78, 5) is 12.0. The summed E-state index contributed by atoms with van der Waals surface area (Å²) in [5.74, 6) is -0.0242. The number of carbonyl (C=O) groups excluding carboxylic acids is 1. The molecule has 1 N–H and O–H groups in total. The van der Waals surface area contributed by atoms with Crippen LogP contribution in [-0.2, 0) is 19.6 Å². The van der Waals surface area contributed by atoms with Gasteiger partial charge in [0.1, 0.15) is 0 Å². The van der Waals surface area contributed by atoms with Crippen LogP contribution in [0.4, 0.5) is 0 Å². The van der Waals surface area contributed by atoms with E-state index >= 15 is 0 Å². The van der Waals surface area contributed by atoms with Gasteiger partial charge in [-0.2, -0.15) is 0 Å². The van der Waals surface area contributed by atoms with Gasteiger partial charge >= 0.3 is 0 Å². The Bertz CT molecular complexity index is 437. The molecule has 0 aromatic heterocycles. The van der Waals surface area contributed by atoms with Crippen molar-refractivity contribution in [2.75, 3.05) is 39.1 Å². The molecule has 0 aliphatic carbocycles. The first-order valence-corrected chi connectivity index (χ1v) is 8.46. The van der Waals surface area contributed by atoms with Gasteiger partial charge in [0, 0.05) is 31.0 Å². The van der Waals surface area contributed by atoms with E-state index in [-0.39, 0.29) is 17.2 Å². The quantitative estimate of drug-likeness (QED) is 0.779. The van der Waals surface area contributed by atoms with E-state index < -0.39 is 10.0 Å². The fourth-order valence-electron chi connectivity index (χ4n) is 2.45. The second-order valence-electron chi connectivity index (χ2n) is 5.96. The number of rotatable bonds is 4. The van der Waals surface area contributed by atoms with E-state index in [0.717, 1.165) is 0 Å². The summed E-state index contributed by atoms with van der Waals surface area (Å²) in [5, 5.41) is 2.96. The molecule has 0 unspecified atom stereocenters. The zero-order valence-electron chi connectivity index (χ0n) is 11.5. The Morgan fingerprint density at radius 3 is 2.37 bits per heavy atom. The third kappa shape index (κ3) is 3.67. The number of amides is 1. The van der Waals surface area contributed by atoms with Crippen molar-refractivity contribution >= 4 is 15.9 Å². The van der Waals surface area contributed by atoms with Crippen LogP contribution in [0, 0.1) is 11.3 Å². The van der Waals surface area contributed by atoms with Gasteiger partial charge in [-0.25, -0.2) is 12.7 Å². The highest BCUT2D eigenvalue weighted by Gasteiger charge is 2.35. The third-order valence-corrected chi connectivity index (χ3v) is 5.19. The third-order valence-electron chi connectivity index (χ3n) is 3.88. The van der Waals surface area contributed by atoms with Crippen molar-refractivity contribution in [1.82, 2.24) is 9.62 Å². The van der Waals surface area contributed by atoms with Gasteiger partial charge in [-0.1, -0.05) is 6.92 Å². The molecule has 0 atom stereocenters. The maximum absolute atomic E-state index is 12.0. The monoisotopic (exact) mass is 290 g/mol. The molecular weight excluding hydrogens is 268 g/mol. The van der Waals surface area contributed by atoms with E-state index in [1.54, 1.807) is 0 Å². The Balaban J connectivity index is 1.76. The van der Waals surface area contributed by atoms with E-state index in [4.69, 9.17) is 4.74 Å². The first-order chi connectivity index (χ1) is 8.80. The van der Waals surface area contributed by atoms with Crippen LogP contribution in [0.15, 0.2) is 0 Å². The van der Waals surface area contributed by atoms with E-state index in [2.05, 4.69) is 12.2 Å². The van der Waals surface area contributed by atoms with E-state index in [9.17, 15) is 13.2 Å². The van der Waals surface area contributed by atoms with Gasteiger partial charge in [-0.3, -0.25) is 4.79 Å². The largest absolute Gasteiger partial charge is 0.380 e. The Hall–Kier alpha value is -0.660. The van der Waals surface area contributed by atoms with Gasteiger partial charge < -0.3 is 10.1 Å². The zero-order chi connectivity index (χ0) is 14.1. The maximum Gasteiger partial charge on any atom is 0.223 e. The molecule has 0 aromatic carbocycles. The first kappa shape index (κ1) is 14.7. The molecule has 0 saturated carbocycles. The maximum atomic E-state index is 12.0. The predicted molar refractivity (Wildman–Crippen MR) is 71.1 cm³/mol. The molecular formula is C12H22N2O4S. The molecule has 110 valence electrons. The number of ether oxygens (including phenoxy) is 1.